The molecule has 0 aliphatic heterocycles. The summed E-state index contributed by atoms with van der Waals surface area (Å²) in [4.78, 5) is 0. The standard InChI is InChI=1S/C16H20O2/c1-11(2)16(3,17)14-7-5-13-10-15(18-4)8-6-12(13)9-14/h5-11,17H,1-4H3. The molecule has 2 aromatic rings. The Morgan fingerprint density at radius 3 is 2.28 bits per heavy atom. The van der Waals surface area contributed by atoms with Crippen LogP contribution < -0.4 is 4.74 Å². The molecule has 0 bridgehead atoms. The summed E-state index contributed by atoms with van der Waals surface area (Å²) in [6.45, 7) is 5.92. The van der Waals surface area contributed by atoms with E-state index in [0.29, 0.717) is 0 Å². The molecule has 2 heteroatoms. The molecule has 0 saturated heterocycles. The fourth-order valence-corrected chi connectivity index (χ4v) is 2.00. The molecule has 2 rings (SSSR count). The molecule has 2 nitrogen and oxygen atoms in total. The fraction of sp³-hybridized carbons (Fsp3) is 0.375. The normalized spacial score (nSPS) is 14.8. The minimum atomic E-state index is -0.798. The first-order chi connectivity index (χ1) is 8.45. The van der Waals surface area contributed by atoms with Crippen LogP contribution in [-0.4, -0.2) is 12.2 Å². The Hall–Kier alpha value is -1.54. The summed E-state index contributed by atoms with van der Waals surface area (Å²) in [5.74, 6) is 1.03. The van der Waals surface area contributed by atoms with E-state index in [9.17, 15) is 5.11 Å². The molecule has 1 unspecified atom stereocenters. The molecular formula is C16H20O2. The van der Waals surface area contributed by atoms with Crippen LogP contribution in [0.4, 0.5) is 0 Å². The summed E-state index contributed by atoms with van der Waals surface area (Å²) >= 11 is 0. The van der Waals surface area contributed by atoms with Crippen LogP contribution >= 0.6 is 0 Å². The van der Waals surface area contributed by atoms with Gasteiger partial charge in [0.1, 0.15) is 5.75 Å². The quantitative estimate of drug-likeness (QED) is 0.891. The van der Waals surface area contributed by atoms with Gasteiger partial charge < -0.3 is 9.84 Å². The number of hydrogen-bond acceptors (Lipinski definition) is 2. The van der Waals surface area contributed by atoms with Crippen LogP contribution in [-0.2, 0) is 5.60 Å². The molecule has 96 valence electrons. The van der Waals surface area contributed by atoms with Crippen molar-refractivity contribution in [2.24, 2.45) is 5.92 Å². The third-order valence-electron chi connectivity index (χ3n) is 3.76. The van der Waals surface area contributed by atoms with Gasteiger partial charge in [-0.2, -0.15) is 0 Å². The van der Waals surface area contributed by atoms with E-state index in [0.717, 1.165) is 22.1 Å². The maximum Gasteiger partial charge on any atom is 0.119 e. The van der Waals surface area contributed by atoms with E-state index in [1.165, 1.54) is 0 Å². The molecule has 0 radical (unpaired) electrons. The van der Waals surface area contributed by atoms with Crippen molar-refractivity contribution in [1.82, 2.24) is 0 Å². The highest BCUT2D eigenvalue weighted by atomic mass is 16.5. The Balaban J connectivity index is 2.51. The summed E-state index contributed by atoms with van der Waals surface area (Å²) in [5.41, 5.74) is 0.156. The maximum absolute atomic E-state index is 10.5. The van der Waals surface area contributed by atoms with E-state index in [4.69, 9.17) is 4.74 Å². The Labute approximate surface area is 108 Å². The third-order valence-corrected chi connectivity index (χ3v) is 3.76. The predicted octanol–water partition coefficient (Wildman–Crippen LogP) is 3.71. The molecule has 0 heterocycles. The molecule has 0 aliphatic rings. The van der Waals surface area contributed by atoms with Gasteiger partial charge in [0, 0.05) is 0 Å². The van der Waals surface area contributed by atoms with Gasteiger partial charge in [-0.1, -0.05) is 32.0 Å². The van der Waals surface area contributed by atoms with Crippen LogP contribution in [0.1, 0.15) is 26.3 Å². The summed E-state index contributed by atoms with van der Waals surface area (Å²) in [6.07, 6.45) is 0. The van der Waals surface area contributed by atoms with Crippen LogP contribution in [0.15, 0.2) is 36.4 Å². The lowest BCUT2D eigenvalue weighted by atomic mass is 9.84. The average molecular weight is 244 g/mol. The van der Waals surface area contributed by atoms with Crippen molar-refractivity contribution < 1.29 is 9.84 Å². The highest BCUT2D eigenvalue weighted by Gasteiger charge is 2.27. The topological polar surface area (TPSA) is 29.5 Å². The largest absolute Gasteiger partial charge is 0.497 e. The van der Waals surface area contributed by atoms with E-state index in [1.807, 2.05) is 51.1 Å². The maximum atomic E-state index is 10.5. The van der Waals surface area contributed by atoms with Crippen molar-refractivity contribution >= 4 is 10.8 Å². The van der Waals surface area contributed by atoms with Crippen molar-refractivity contribution in [2.75, 3.05) is 7.11 Å². The summed E-state index contributed by atoms with van der Waals surface area (Å²) in [5, 5.41) is 12.7. The van der Waals surface area contributed by atoms with Crippen molar-refractivity contribution in [2.45, 2.75) is 26.4 Å². The number of benzene rings is 2. The Morgan fingerprint density at radius 2 is 1.67 bits per heavy atom. The van der Waals surface area contributed by atoms with Crippen molar-refractivity contribution in [1.29, 1.82) is 0 Å². The van der Waals surface area contributed by atoms with Gasteiger partial charge in [0.15, 0.2) is 0 Å². The second-order valence-corrected chi connectivity index (χ2v) is 5.23. The first kappa shape index (κ1) is 12.9. The van der Waals surface area contributed by atoms with E-state index < -0.39 is 5.60 Å². The first-order valence-electron chi connectivity index (χ1n) is 6.26. The van der Waals surface area contributed by atoms with Crippen molar-refractivity contribution in [3.8, 4) is 5.75 Å². The van der Waals surface area contributed by atoms with Crippen LogP contribution in [0.2, 0.25) is 0 Å². The second kappa shape index (κ2) is 4.62. The lowest BCUT2D eigenvalue weighted by Crippen LogP contribution is -2.27. The number of methoxy groups -OCH3 is 1. The van der Waals surface area contributed by atoms with E-state index in [2.05, 4.69) is 6.07 Å². The highest BCUT2D eigenvalue weighted by Crippen LogP contribution is 2.31. The Kier molecular flexibility index (Phi) is 3.31. The zero-order valence-electron chi connectivity index (χ0n) is 11.4. The number of fused-ring (bicyclic) bond motifs is 1. The van der Waals surface area contributed by atoms with E-state index >= 15 is 0 Å². The molecule has 0 aromatic heterocycles. The monoisotopic (exact) mass is 244 g/mol. The van der Waals surface area contributed by atoms with Gasteiger partial charge in [0.05, 0.1) is 12.7 Å². The number of rotatable bonds is 3. The third kappa shape index (κ3) is 2.21. The number of hydrogen-bond donors (Lipinski definition) is 1. The summed E-state index contributed by atoms with van der Waals surface area (Å²) < 4.78 is 5.21. The van der Waals surface area contributed by atoms with Gasteiger partial charge in [-0.05, 0) is 47.4 Å². The van der Waals surface area contributed by atoms with Gasteiger partial charge in [0.25, 0.3) is 0 Å². The predicted molar refractivity (Wildman–Crippen MR) is 74.9 cm³/mol. The highest BCUT2D eigenvalue weighted by molar-refractivity contribution is 5.84. The van der Waals surface area contributed by atoms with Gasteiger partial charge in [-0.3, -0.25) is 0 Å². The SMILES string of the molecule is COc1ccc2cc(C(C)(O)C(C)C)ccc2c1. The molecule has 0 spiro atoms. The molecule has 0 amide bonds. The zero-order chi connectivity index (χ0) is 13.3. The molecular weight excluding hydrogens is 224 g/mol. The van der Waals surface area contributed by atoms with Crippen LogP contribution in [0.3, 0.4) is 0 Å². The Bertz CT molecular complexity index is 556. The van der Waals surface area contributed by atoms with Crippen molar-refractivity contribution in [3.63, 3.8) is 0 Å². The molecule has 0 aliphatic carbocycles. The van der Waals surface area contributed by atoms with Gasteiger partial charge >= 0.3 is 0 Å². The van der Waals surface area contributed by atoms with Crippen molar-refractivity contribution in [3.05, 3.63) is 42.0 Å². The Morgan fingerprint density at radius 1 is 1.06 bits per heavy atom. The second-order valence-electron chi connectivity index (χ2n) is 5.23. The lowest BCUT2D eigenvalue weighted by molar-refractivity contribution is 0.00918. The zero-order valence-corrected chi connectivity index (χ0v) is 11.4. The molecule has 18 heavy (non-hydrogen) atoms. The molecule has 2 aromatic carbocycles. The molecule has 0 saturated carbocycles. The summed E-state index contributed by atoms with van der Waals surface area (Å²) in [7, 11) is 1.67. The minimum Gasteiger partial charge on any atom is -0.497 e. The molecule has 0 fully saturated rings. The first-order valence-corrected chi connectivity index (χ1v) is 6.26. The van der Waals surface area contributed by atoms with Crippen LogP contribution in [0, 0.1) is 5.92 Å². The van der Waals surface area contributed by atoms with Gasteiger partial charge in [-0.15, -0.1) is 0 Å². The fourth-order valence-electron chi connectivity index (χ4n) is 2.00. The van der Waals surface area contributed by atoms with Gasteiger partial charge in [0.2, 0.25) is 0 Å². The van der Waals surface area contributed by atoms with E-state index in [1.54, 1.807) is 7.11 Å². The van der Waals surface area contributed by atoms with Crippen LogP contribution in [0.5, 0.6) is 5.75 Å². The van der Waals surface area contributed by atoms with Gasteiger partial charge in [-0.25, -0.2) is 0 Å². The smallest absolute Gasteiger partial charge is 0.119 e. The molecule has 1 N–H and O–H groups in total. The van der Waals surface area contributed by atoms with Crippen LogP contribution in [0.25, 0.3) is 10.8 Å². The summed E-state index contributed by atoms with van der Waals surface area (Å²) in [6, 6.07) is 12.0. The number of ether oxygens (including phenoxy) is 1. The average Bonchev–Trinajstić information content (AvgIpc) is 2.37. The van der Waals surface area contributed by atoms with E-state index in [-0.39, 0.29) is 5.92 Å². The molecule has 1 atom stereocenters. The lowest BCUT2D eigenvalue weighted by Gasteiger charge is -2.28. The number of aliphatic hydroxyl groups is 1. The minimum absolute atomic E-state index is 0.174.